The molecule has 0 bridgehead atoms. The summed E-state index contributed by atoms with van der Waals surface area (Å²) < 4.78 is 1.68. The quantitative estimate of drug-likeness (QED) is 0.733. The fourth-order valence-corrected chi connectivity index (χ4v) is 4.75. The van der Waals surface area contributed by atoms with Crippen LogP contribution in [0.5, 0.6) is 0 Å². The van der Waals surface area contributed by atoms with Crippen molar-refractivity contribution in [1.82, 2.24) is 14.7 Å². The number of piperidine rings is 1. The molecule has 28 heavy (non-hydrogen) atoms. The average molecular weight is 402 g/mol. The normalized spacial score (nSPS) is 19.3. The molecule has 2 heterocycles. The van der Waals surface area contributed by atoms with E-state index < -0.39 is 0 Å². The maximum Gasteiger partial charge on any atom is 0.274 e. The molecule has 1 saturated heterocycles. The highest BCUT2D eigenvalue weighted by Gasteiger charge is 2.23. The van der Waals surface area contributed by atoms with Crippen LogP contribution in [0, 0.1) is 11.8 Å². The molecule has 4 nitrogen and oxygen atoms in total. The molecule has 4 rings (SSSR count). The Morgan fingerprint density at radius 2 is 1.54 bits per heavy atom. The van der Waals surface area contributed by atoms with Crippen LogP contribution >= 0.6 is 12.4 Å². The molecule has 0 radical (unpaired) electrons. The fourth-order valence-electron chi connectivity index (χ4n) is 4.75. The number of likely N-dealkylation sites (tertiary alicyclic amines) is 1. The standard InChI is InChI=1S/C23H31N3O.ClH/c27-23-22(21-9-5-2-6-10-21)11-14-24-26(23)18-20-12-15-25(16-13-20)17-19-7-3-1-4-8-19;/h2,5-6,9-11,14,19-20H,1,3-4,7-8,12-13,15-18H2;1H. The first-order chi connectivity index (χ1) is 13.3. The van der Waals surface area contributed by atoms with Crippen LogP contribution in [0.2, 0.25) is 0 Å². The Hall–Kier alpha value is -1.65. The lowest BCUT2D eigenvalue weighted by molar-refractivity contribution is 0.137. The number of hydrogen-bond acceptors (Lipinski definition) is 3. The molecule has 0 spiro atoms. The maximum absolute atomic E-state index is 12.9. The zero-order valence-electron chi connectivity index (χ0n) is 16.6. The van der Waals surface area contributed by atoms with E-state index in [2.05, 4.69) is 10.00 Å². The molecule has 152 valence electrons. The van der Waals surface area contributed by atoms with Crippen LogP contribution in [0.3, 0.4) is 0 Å². The molecule has 0 unspecified atom stereocenters. The van der Waals surface area contributed by atoms with E-state index in [4.69, 9.17) is 0 Å². The molecule has 1 aliphatic carbocycles. The van der Waals surface area contributed by atoms with Gasteiger partial charge in [-0.3, -0.25) is 4.79 Å². The van der Waals surface area contributed by atoms with Gasteiger partial charge >= 0.3 is 0 Å². The van der Waals surface area contributed by atoms with Crippen molar-refractivity contribution in [2.24, 2.45) is 11.8 Å². The molecule has 2 aliphatic rings. The third kappa shape index (κ3) is 5.24. The fraction of sp³-hybridized carbons (Fsp3) is 0.565. The van der Waals surface area contributed by atoms with E-state index in [0.29, 0.717) is 5.92 Å². The van der Waals surface area contributed by atoms with Gasteiger partial charge in [0.05, 0.1) is 5.56 Å². The van der Waals surface area contributed by atoms with Gasteiger partial charge in [-0.2, -0.15) is 5.10 Å². The highest BCUT2D eigenvalue weighted by Crippen LogP contribution is 2.26. The van der Waals surface area contributed by atoms with Crippen molar-refractivity contribution in [3.05, 3.63) is 52.9 Å². The third-order valence-corrected chi connectivity index (χ3v) is 6.38. The molecule has 1 saturated carbocycles. The minimum atomic E-state index is 0. The predicted molar refractivity (Wildman–Crippen MR) is 117 cm³/mol. The Bertz CT molecular complexity index is 778. The monoisotopic (exact) mass is 401 g/mol. The minimum absolute atomic E-state index is 0. The first-order valence-corrected chi connectivity index (χ1v) is 10.6. The zero-order chi connectivity index (χ0) is 18.5. The molecular weight excluding hydrogens is 370 g/mol. The van der Waals surface area contributed by atoms with Crippen LogP contribution in [-0.4, -0.2) is 34.3 Å². The highest BCUT2D eigenvalue weighted by molar-refractivity contribution is 5.85. The van der Waals surface area contributed by atoms with Crippen molar-refractivity contribution in [1.29, 1.82) is 0 Å². The van der Waals surface area contributed by atoms with Crippen molar-refractivity contribution in [2.45, 2.75) is 51.5 Å². The van der Waals surface area contributed by atoms with Gasteiger partial charge in [-0.15, -0.1) is 12.4 Å². The summed E-state index contributed by atoms with van der Waals surface area (Å²) in [7, 11) is 0. The van der Waals surface area contributed by atoms with E-state index in [1.165, 1.54) is 64.6 Å². The summed E-state index contributed by atoms with van der Waals surface area (Å²) in [5.74, 6) is 1.48. The minimum Gasteiger partial charge on any atom is -0.303 e. The summed E-state index contributed by atoms with van der Waals surface area (Å²) in [6.07, 6.45) is 11.2. The largest absolute Gasteiger partial charge is 0.303 e. The lowest BCUT2D eigenvalue weighted by Gasteiger charge is -2.35. The summed E-state index contributed by atoms with van der Waals surface area (Å²) in [4.78, 5) is 15.5. The second-order valence-corrected chi connectivity index (χ2v) is 8.35. The van der Waals surface area contributed by atoms with Crippen molar-refractivity contribution in [2.75, 3.05) is 19.6 Å². The van der Waals surface area contributed by atoms with Crippen LogP contribution in [0.15, 0.2) is 47.4 Å². The highest BCUT2D eigenvalue weighted by atomic mass is 35.5. The average Bonchev–Trinajstić information content (AvgIpc) is 2.72. The topological polar surface area (TPSA) is 38.1 Å². The number of aromatic nitrogens is 2. The Labute approximate surface area is 174 Å². The number of nitrogens with zero attached hydrogens (tertiary/aromatic N) is 3. The molecule has 2 fully saturated rings. The van der Waals surface area contributed by atoms with E-state index in [0.717, 1.165) is 23.6 Å². The van der Waals surface area contributed by atoms with Crippen molar-refractivity contribution < 1.29 is 0 Å². The van der Waals surface area contributed by atoms with Gasteiger partial charge in [0.1, 0.15) is 0 Å². The lowest BCUT2D eigenvalue weighted by Crippen LogP contribution is -2.39. The van der Waals surface area contributed by atoms with Gasteiger partial charge in [-0.05, 0) is 62.2 Å². The Morgan fingerprint density at radius 3 is 2.25 bits per heavy atom. The van der Waals surface area contributed by atoms with Gasteiger partial charge in [0.15, 0.2) is 0 Å². The van der Waals surface area contributed by atoms with Crippen LogP contribution in [0.1, 0.15) is 44.9 Å². The smallest absolute Gasteiger partial charge is 0.274 e. The number of rotatable bonds is 5. The van der Waals surface area contributed by atoms with Gasteiger partial charge in [0.25, 0.3) is 5.56 Å². The molecular formula is C23H32ClN3O. The first-order valence-electron chi connectivity index (χ1n) is 10.6. The van der Waals surface area contributed by atoms with Crippen LogP contribution in [0.25, 0.3) is 11.1 Å². The van der Waals surface area contributed by atoms with E-state index in [9.17, 15) is 4.79 Å². The number of hydrogen-bond donors (Lipinski definition) is 0. The molecule has 1 aliphatic heterocycles. The molecule has 1 aromatic heterocycles. The third-order valence-electron chi connectivity index (χ3n) is 6.38. The summed E-state index contributed by atoms with van der Waals surface area (Å²) in [6, 6.07) is 11.7. The van der Waals surface area contributed by atoms with Gasteiger partial charge in [0, 0.05) is 19.3 Å². The summed E-state index contributed by atoms with van der Waals surface area (Å²) >= 11 is 0. The second kappa shape index (κ2) is 10.2. The first kappa shape index (κ1) is 21.1. The van der Waals surface area contributed by atoms with E-state index >= 15 is 0 Å². The Morgan fingerprint density at radius 1 is 0.857 bits per heavy atom. The number of halogens is 1. The van der Waals surface area contributed by atoms with Crippen LogP contribution < -0.4 is 5.56 Å². The molecule has 5 heteroatoms. The van der Waals surface area contributed by atoms with Crippen LogP contribution in [-0.2, 0) is 6.54 Å². The molecule has 0 N–H and O–H groups in total. The summed E-state index contributed by atoms with van der Waals surface area (Å²) in [5.41, 5.74) is 1.76. The van der Waals surface area contributed by atoms with E-state index in [-0.39, 0.29) is 18.0 Å². The predicted octanol–water partition coefficient (Wildman–Crippen LogP) is 4.62. The van der Waals surface area contributed by atoms with Gasteiger partial charge in [-0.1, -0.05) is 49.6 Å². The molecule has 0 atom stereocenters. The van der Waals surface area contributed by atoms with Gasteiger partial charge < -0.3 is 4.90 Å². The second-order valence-electron chi connectivity index (χ2n) is 8.35. The molecule has 0 amide bonds. The van der Waals surface area contributed by atoms with Crippen LogP contribution in [0.4, 0.5) is 0 Å². The Kier molecular flexibility index (Phi) is 7.69. The van der Waals surface area contributed by atoms with Crippen molar-refractivity contribution >= 4 is 12.4 Å². The van der Waals surface area contributed by atoms with E-state index in [1.54, 1.807) is 10.9 Å². The lowest BCUT2D eigenvalue weighted by atomic mass is 9.88. The summed E-state index contributed by atoms with van der Waals surface area (Å²) in [5, 5.41) is 4.36. The van der Waals surface area contributed by atoms with Crippen molar-refractivity contribution in [3.8, 4) is 11.1 Å². The van der Waals surface area contributed by atoms with Gasteiger partial charge in [0.2, 0.25) is 0 Å². The molecule has 2 aromatic rings. The Balaban J connectivity index is 0.00000225. The van der Waals surface area contributed by atoms with Crippen molar-refractivity contribution in [3.63, 3.8) is 0 Å². The summed E-state index contributed by atoms with van der Waals surface area (Å²) in [6.45, 7) is 4.38. The van der Waals surface area contributed by atoms with E-state index in [1.807, 2.05) is 36.4 Å². The maximum atomic E-state index is 12.9. The number of benzene rings is 1. The van der Waals surface area contributed by atoms with Gasteiger partial charge in [-0.25, -0.2) is 4.68 Å². The molecule has 1 aromatic carbocycles. The SMILES string of the molecule is Cl.O=c1c(-c2ccccc2)ccnn1CC1CCN(CC2CCCCC2)CC1. The zero-order valence-corrected chi connectivity index (χ0v) is 17.4.